The van der Waals surface area contributed by atoms with Gasteiger partial charge in [0.25, 0.3) is 10.0 Å². The maximum atomic E-state index is 13.5. The molecular weight excluding hydrogens is 470 g/mol. The van der Waals surface area contributed by atoms with Crippen LogP contribution in [0.3, 0.4) is 0 Å². The molecule has 3 heterocycles. The monoisotopic (exact) mass is 491 g/mol. The summed E-state index contributed by atoms with van der Waals surface area (Å²) in [4.78, 5) is 14.0. The van der Waals surface area contributed by atoms with E-state index in [0.717, 1.165) is 10.9 Å². The van der Waals surface area contributed by atoms with Gasteiger partial charge in [0.05, 0.1) is 27.3 Å². The molecule has 36 heavy (non-hydrogen) atoms. The summed E-state index contributed by atoms with van der Waals surface area (Å²) in [6, 6.07) is 29.5. The fourth-order valence-electron chi connectivity index (χ4n) is 4.42. The van der Waals surface area contributed by atoms with E-state index in [2.05, 4.69) is 9.97 Å². The number of rotatable bonds is 5. The van der Waals surface area contributed by atoms with Crippen molar-refractivity contribution in [1.82, 2.24) is 18.9 Å². The van der Waals surface area contributed by atoms with Crippen LogP contribution in [0, 0.1) is 0 Å². The summed E-state index contributed by atoms with van der Waals surface area (Å²) < 4.78 is 28.3. The van der Waals surface area contributed by atoms with Crippen LogP contribution in [0.2, 0.25) is 0 Å². The normalized spacial score (nSPS) is 11.8. The summed E-state index contributed by atoms with van der Waals surface area (Å²) in [6.07, 6.45) is 2.18. The number of aromatic nitrogens is 4. The lowest BCUT2D eigenvalue weighted by molar-refractivity contribution is 0.589. The Labute approximate surface area is 208 Å². The Bertz CT molecular complexity index is 1830. The molecule has 0 aliphatic heterocycles. The second-order valence-electron chi connectivity index (χ2n) is 8.43. The minimum atomic E-state index is -3.80. The van der Waals surface area contributed by atoms with Crippen LogP contribution in [0.4, 0.5) is 5.95 Å². The highest BCUT2D eigenvalue weighted by molar-refractivity contribution is 7.90. The molecule has 0 saturated heterocycles. The zero-order valence-corrected chi connectivity index (χ0v) is 19.9. The lowest BCUT2D eigenvalue weighted by atomic mass is 10.1. The highest BCUT2D eigenvalue weighted by Crippen LogP contribution is 2.33. The summed E-state index contributed by atoms with van der Waals surface area (Å²) in [6.45, 7) is 0. The first-order chi connectivity index (χ1) is 17.5. The number of nitrogens with two attached hydrogens (primary N) is 1. The van der Waals surface area contributed by atoms with E-state index in [1.54, 1.807) is 42.6 Å². The Hall–Kier alpha value is -4.56. The highest BCUT2D eigenvalue weighted by atomic mass is 32.2. The molecule has 6 rings (SSSR count). The van der Waals surface area contributed by atoms with E-state index in [1.165, 1.54) is 3.97 Å². The summed E-state index contributed by atoms with van der Waals surface area (Å²) in [5, 5.41) is 0.782. The van der Waals surface area contributed by atoms with E-state index in [0.29, 0.717) is 39.9 Å². The smallest absolute Gasteiger partial charge is 0.268 e. The second-order valence-corrected chi connectivity index (χ2v) is 10.2. The molecule has 0 atom stereocenters. The number of fused-ring (bicyclic) bond motifs is 2. The van der Waals surface area contributed by atoms with Crippen LogP contribution < -0.4 is 5.73 Å². The van der Waals surface area contributed by atoms with Gasteiger partial charge in [0.1, 0.15) is 5.52 Å². The molecule has 0 fully saturated rings. The number of hydrogen-bond acceptors (Lipinski definition) is 6. The Morgan fingerprint density at radius 1 is 0.750 bits per heavy atom. The molecule has 8 heteroatoms. The molecule has 0 saturated carbocycles. The van der Waals surface area contributed by atoms with Gasteiger partial charge in [0, 0.05) is 23.6 Å². The Kier molecular flexibility index (Phi) is 5.23. The quantitative estimate of drug-likeness (QED) is 0.362. The van der Waals surface area contributed by atoms with Crippen LogP contribution in [-0.2, 0) is 16.4 Å². The van der Waals surface area contributed by atoms with Gasteiger partial charge in [-0.05, 0) is 35.9 Å². The van der Waals surface area contributed by atoms with Gasteiger partial charge in [-0.1, -0.05) is 66.7 Å². The van der Waals surface area contributed by atoms with Crippen molar-refractivity contribution < 1.29 is 8.42 Å². The number of benzene rings is 3. The number of pyridine rings is 1. The molecule has 0 unspecified atom stereocenters. The number of nitrogens with zero attached hydrogens (tertiary/aromatic N) is 4. The van der Waals surface area contributed by atoms with Crippen LogP contribution in [0.5, 0.6) is 0 Å². The predicted octanol–water partition coefficient (Wildman–Crippen LogP) is 5.06. The molecule has 2 N–H and O–H groups in total. The molecule has 0 aliphatic rings. The third-order valence-corrected chi connectivity index (χ3v) is 7.79. The number of hydrogen-bond donors (Lipinski definition) is 1. The molecule has 0 radical (unpaired) electrons. The van der Waals surface area contributed by atoms with Crippen molar-refractivity contribution >= 4 is 37.9 Å². The van der Waals surface area contributed by atoms with Crippen molar-refractivity contribution in [2.75, 3.05) is 5.73 Å². The van der Waals surface area contributed by atoms with Crippen LogP contribution in [0.15, 0.2) is 108 Å². The first kappa shape index (κ1) is 21.9. The van der Waals surface area contributed by atoms with E-state index in [-0.39, 0.29) is 10.8 Å². The molecule has 6 aromatic rings. The van der Waals surface area contributed by atoms with E-state index in [4.69, 9.17) is 10.7 Å². The summed E-state index contributed by atoms with van der Waals surface area (Å²) in [5.41, 5.74) is 11.0. The van der Waals surface area contributed by atoms with E-state index in [9.17, 15) is 8.42 Å². The molecule has 0 aliphatic carbocycles. The van der Waals surface area contributed by atoms with Gasteiger partial charge in [-0.25, -0.2) is 27.3 Å². The zero-order chi connectivity index (χ0) is 24.7. The molecule has 0 spiro atoms. The molecule has 0 bridgehead atoms. The summed E-state index contributed by atoms with van der Waals surface area (Å²) in [7, 11) is -3.80. The van der Waals surface area contributed by atoms with Crippen molar-refractivity contribution in [2.24, 2.45) is 0 Å². The fraction of sp³-hybridized carbons (Fsp3) is 0.0357. The van der Waals surface area contributed by atoms with Crippen molar-refractivity contribution in [3.63, 3.8) is 0 Å². The lowest BCUT2D eigenvalue weighted by Crippen LogP contribution is -2.11. The highest BCUT2D eigenvalue weighted by Gasteiger charge is 2.22. The van der Waals surface area contributed by atoms with Gasteiger partial charge in [-0.2, -0.15) is 0 Å². The predicted molar refractivity (Wildman–Crippen MR) is 141 cm³/mol. The average Bonchev–Trinajstić information content (AvgIpc) is 3.30. The Morgan fingerprint density at radius 2 is 1.44 bits per heavy atom. The van der Waals surface area contributed by atoms with Crippen LogP contribution in [0.25, 0.3) is 33.2 Å². The summed E-state index contributed by atoms with van der Waals surface area (Å²) in [5.74, 6) is 0.188. The minimum absolute atomic E-state index is 0.188. The molecule has 176 valence electrons. The SMILES string of the molecule is Nc1nc(Cc2ccccc2)c2nc(-c3cn(S(=O)(=O)c4ccccc4)c4ccccc34)ccc2n1. The Morgan fingerprint density at radius 3 is 2.22 bits per heavy atom. The van der Waals surface area contributed by atoms with E-state index >= 15 is 0 Å². The summed E-state index contributed by atoms with van der Waals surface area (Å²) >= 11 is 0. The van der Waals surface area contributed by atoms with Crippen LogP contribution in [0.1, 0.15) is 11.3 Å². The third-order valence-electron chi connectivity index (χ3n) is 6.10. The van der Waals surface area contributed by atoms with Gasteiger partial charge in [0.2, 0.25) is 5.95 Å². The number of anilines is 1. The molecule has 3 aromatic carbocycles. The standard InChI is InChI=1S/C28H21N5O2S/c29-28-31-24-16-15-23(30-27(24)25(32-28)17-19-9-3-1-4-10-19)22-18-33(26-14-8-7-13-21(22)26)36(34,35)20-11-5-2-6-12-20/h1-16,18H,17H2,(H2,29,31,32). The van der Waals surface area contributed by atoms with Gasteiger partial charge < -0.3 is 5.73 Å². The van der Waals surface area contributed by atoms with Crippen LogP contribution >= 0.6 is 0 Å². The Balaban J connectivity index is 1.54. The van der Waals surface area contributed by atoms with Crippen molar-refractivity contribution in [3.05, 3.63) is 115 Å². The average molecular weight is 492 g/mol. The maximum Gasteiger partial charge on any atom is 0.268 e. The van der Waals surface area contributed by atoms with Gasteiger partial charge in [0.15, 0.2) is 0 Å². The topological polar surface area (TPSA) is 104 Å². The second kappa shape index (κ2) is 8.58. The molecule has 0 amide bonds. The lowest BCUT2D eigenvalue weighted by Gasteiger charge is -2.08. The molecule has 3 aromatic heterocycles. The molecular formula is C28H21N5O2S. The fourth-order valence-corrected chi connectivity index (χ4v) is 5.81. The van der Waals surface area contributed by atoms with Crippen molar-refractivity contribution in [3.8, 4) is 11.3 Å². The van der Waals surface area contributed by atoms with Gasteiger partial charge in [-0.3, -0.25) is 0 Å². The first-order valence-corrected chi connectivity index (χ1v) is 12.8. The minimum Gasteiger partial charge on any atom is -0.368 e. The number of para-hydroxylation sites is 1. The van der Waals surface area contributed by atoms with E-state index in [1.807, 2.05) is 60.7 Å². The maximum absolute atomic E-state index is 13.5. The van der Waals surface area contributed by atoms with Crippen LogP contribution in [-0.4, -0.2) is 27.3 Å². The third kappa shape index (κ3) is 3.77. The number of nitrogen functional groups attached to an aromatic ring is 1. The van der Waals surface area contributed by atoms with Gasteiger partial charge >= 0.3 is 0 Å². The van der Waals surface area contributed by atoms with Gasteiger partial charge in [-0.15, -0.1) is 0 Å². The molecule has 7 nitrogen and oxygen atoms in total. The van der Waals surface area contributed by atoms with Crippen molar-refractivity contribution in [2.45, 2.75) is 11.3 Å². The van der Waals surface area contributed by atoms with Crippen molar-refractivity contribution in [1.29, 1.82) is 0 Å². The first-order valence-electron chi connectivity index (χ1n) is 11.4. The zero-order valence-electron chi connectivity index (χ0n) is 19.1. The largest absolute Gasteiger partial charge is 0.368 e. The van der Waals surface area contributed by atoms with E-state index < -0.39 is 10.0 Å².